The van der Waals surface area contributed by atoms with Gasteiger partial charge in [-0.15, -0.1) is 0 Å². The molecule has 14 heteroatoms. The van der Waals surface area contributed by atoms with E-state index in [4.69, 9.17) is 0 Å². The average Bonchev–Trinajstić information content (AvgIpc) is 2.77. The predicted octanol–water partition coefficient (Wildman–Crippen LogP) is 4.67. The van der Waals surface area contributed by atoms with Crippen molar-refractivity contribution in [3.8, 4) is 0 Å². The lowest BCUT2D eigenvalue weighted by atomic mass is 10.2. The second-order valence-electron chi connectivity index (χ2n) is 7.50. The van der Waals surface area contributed by atoms with Crippen LogP contribution in [0.25, 0.3) is 0 Å². The van der Waals surface area contributed by atoms with Gasteiger partial charge in [0.05, 0.1) is 22.4 Å². The fourth-order valence-corrected chi connectivity index (χ4v) is 5.20. The Hall–Kier alpha value is -3.10. The Morgan fingerprint density at radius 2 is 1.53 bits per heavy atom. The molecular formula is C22H19BrF3N3O5S2. The second-order valence-corrected chi connectivity index (χ2v) is 12.0. The molecule has 0 aliphatic rings. The highest BCUT2D eigenvalue weighted by atomic mass is 79.9. The van der Waals surface area contributed by atoms with Gasteiger partial charge in [0.2, 0.25) is 15.9 Å². The van der Waals surface area contributed by atoms with E-state index in [1.807, 2.05) is 0 Å². The number of amides is 1. The second kappa shape index (κ2) is 10.5. The Labute approximate surface area is 214 Å². The third-order valence-corrected chi connectivity index (χ3v) is 7.76. The Balaban J connectivity index is 1.71. The van der Waals surface area contributed by atoms with Crippen LogP contribution in [0, 0.1) is 0 Å². The van der Waals surface area contributed by atoms with Gasteiger partial charge in [-0.25, -0.2) is 16.8 Å². The molecule has 2 N–H and O–H groups in total. The van der Waals surface area contributed by atoms with Crippen LogP contribution in [0.1, 0.15) is 5.56 Å². The largest absolute Gasteiger partial charge is 0.416 e. The molecule has 0 aromatic heterocycles. The van der Waals surface area contributed by atoms with Crippen LogP contribution in [-0.4, -0.2) is 35.5 Å². The van der Waals surface area contributed by atoms with Gasteiger partial charge in [-0.05, 0) is 66.7 Å². The van der Waals surface area contributed by atoms with Gasteiger partial charge in [-0.3, -0.25) is 13.8 Å². The molecule has 0 radical (unpaired) electrons. The first-order chi connectivity index (χ1) is 16.6. The van der Waals surface area contributed by atoms with Crippen LogP contribution in [-0.2, 0) is 31.0 Å². The van der Waals surface area contributed by atoms with Gasteiger partial charge in [0.15, 0.2) is 0 Å². The molecule has 0 atom stereocenters. The first kappa shape index (κ1) is 27.5. The third kappa shape index (κ3) is 7.21. The molecule has 1 amide bonds. The van der Waals surface area contributed by atoms with E-state index in [2.05, 4.69) is 26.0 Å². The quantitative estimate of drug-likeness (QED) is 0.387. The van der Waals surface area contributed by atoms with Crippen molar-refractivity contribution in [3.05, 3.63) is 82.8 Å². The minimum Gasteiger partial charge on any atom is -0.325 e. The molecule has 3 aromatic carbocycles. The highest BCUT2D eigenvalue weighted by Crippen LogP contribution is 2.31. The number of carbonyl (C=O) groups excluding carboxylic acids is 1. The fourth-order valence-electron chi connectivity index (χ4n) is 3.03. The molecule has 36 heavy (non-hydrogen) atoms. The molecule has 8 nitrogen and oxygen atoms in total. The van der Waals surface area contributed by atoms with E-state index in [0.717, 1.165) is 39.3 Å². The van der Waals surface area contributed by atoms with Gasteiger partial charge in [-0.1, -0.05) is 22.0 Å². The number of nitrogens with one attached hydrogen (secondary N) is 2. The maximum Gasteiger partial charge on any atom is 0.416 e. The summed E-state index contributed by atoms with van der Waals surface area (Å²) in [5.41, 5.74) is -0.816. The number of carbonyl (C=O) groups is 1. The number of halogens is 4. The maximum atomic E-state index is 12.9. The number of alkyl halides is 3. The summed E-state index contributed by atoms with van der Waals surface area (Å²) in [4.78, 5) is 12.2. The molecule has 192 valence electrons. The zero-order chi connectivity index (χ0) is 26.7. The molecule has 0 saturated carbocycles. The van der Waals surface area contributed by atoms with E-state index in [-0.39, 0.29) is 22.0 Å². The van der Waals surface area contributed by atoms with Gasteiger partial charge in [-0.2, -0.15) is 13.2 Å². The van der Waals surface area contributed by atoms with Crippen molar-refractivity contribution in [2.45, 2.75) is 11.1 Å². The molecule has 0 heterocycles. The Morgan fingerprint density at radius 3 is 2.08 bits per heavy atom. The molecule has 0 unspecified atom stereocenters. The monoisotopic (exact) mass is 605 g/mol. The zero-order valence-corrected chi connectivity index (χ0v) is 21.7. The molecule has 3 aromatic rings. The highest BCUT2D eigenvalue weighted by molar-refractivity contribution is 9.10. The summed E-state index contributed by atoms with van der Waals surface area (Å²) in [6, 6.07) is 14.9. The summed E-state index contributed by atoms with van der Waals surface area (Å²) < 4.78 is 91.9. The summed E-state index contributed by atoms with van der Waals surface area (Å²) in [6.45, 7) is -0.530. The lowest BCUT2D eigenvalue weighted by Gasteiger charge is -2.22. The first-order valence-corrected chi connectivity index (χ1v) is 14.1. The first-order valence-electron chi connectivity index (χ1n) is 9.98. The van der Waals surface area contributed by atoms with E-state index in [0.29, 0.717) is 6.07 Å². The molecule has 0 bridgehead atoms. The molecular weight excluding hydrogens is 587 g/mol. The zero-order valence-electron chi connectivity index (χ0n) is 18.5. The normalized spacial score (nSPS) is 12.1. The lowest BCUT2D eigenvalue weighted by molar-refractivity contribution is -0.137. The lowest BCUT2D eigenvalue weighted by Crippen LogP contribution is -2.37. The van der Waals surface area contributed by atoms with Crippen molar-refractivity contribution in [2.75, 3.05) is 27.1 Å². The fraction of sp³-hybridized carbons (Fsp3) is 0.136. The summed E-state index contributed by atoms with van der Waals surface area (Å²) >= 11 is 3.25. The summed E-state index contributed by atoms with van der Waals surface area (Å²) in [5.74, 6) is -0.680. The van der Waals surface area contributed by atoms with Crippen LogP contribution in [0.15, 0.2) is 82.2 Å². The molecule has 0 spiro atoms. The summed E-state index contributed by atoms with van der Waals surface area (Å²) in [7, 11) is -8.01. The van der Waals surface area contributed by atoms with Crippen LogP contribution in [0.3, 0.4) is 0 Å². The SMILES string of the molecule is CS(=O)(=O)N(CC(=O)Nc1ccc(S(=O)(=O)Nc2cccc(C(F)(F)F)c2)cc1)c1ccc(Br)cc1. The van der Waals surface area contributed by atoms with Crippen LogP contribution >= 0.6 is 15.9 Å². The Bertz CT molecular complexity index is 1460. The van der Waals surface area contributed by atoms with Gasteiger partial charge < -0.3 is 5.32 Å². The third-order valence-electron chi connectivity index (χ3n) is 4.69. The predicted molar refractivity (Wildman–Crippen MR) is 134 cm³/mol. The summed E-state index contributed by atoms with van der Waals surface area (Å²) in [5, 5.41) is 2.48. The highest BCUT2D eigenvalue weighted by Gasteiger charge is 2.30. The van der Waals surface area contributed by atoms with Crippen molar-refractivity contribution in [2.24, 2.45) is 0 Å². The number of rotatable bonds is 8. The number of nitrogens with zero attached hydrogens (tertiary/aromatic N) is 1. The number of anilines is 3. The topological polar surface area (TPSA) is 113 Å². The van der Waals surface area contributed by atoms with Crippen LogP contribution in [0.4, 0.5) is 30.2 Å². The number of sulfonamides is 2. The minimum absolute atomic E-state index is 0.183. The van der Waals surface area contributed by atoms with Crippen LogP contribution in [0.5, 0.6) is 0 Å². The Morgan fingerprint density at radius 1 is 0.917 bits per heavy atom. The average molecular weight is 606 g/mol. The van der Waals surface area contributed by atoms with Crippen LogP contribution in [0.2, 0.25) is 0 Å². The van der Waals surface area contributed by atoms with E-state index in [1.165, 1.54) is 30.3 Å². The van der Waals surface area contributed by atoms with Gasteiger partial charge in [0.25, 0.3) is 10.0 Å². The van der Waals surface area contributed by atoms with Gasteiger partial charge in [0, 0.05) is 15.8 Å². The van der Waals surface area contributed by atoms with E-state index < -0.39 is 44.2 Å². The van der Waals surface area contributed by atoms with Crippen LogP contribution < -0.4 is 14.3 Å². The van der Waals surface area contributed by atoms with E-state index in [1.54, 1.807) is 12.1 Å². The van der Waals surface area contributed by atoms with Crippen molar-refractivity contribution < 1.29 is 34.8 Å². The number of hydrogen-bond donors (Lipinski definition) is 2. The van der Waals surface area contributed by atoms with E-state index in [9.17, 15) is 34.8 Å². The van der Waals surface area contributed by atoms with E-state index >= 15 is 0 Å². The number of benzene rings is 3. The van der Waals surface area contributed by atoms with Gasteiger partial charge in [0.1, 0.15) is 6.54 Å². The number of hydrogen-bond acceptors (Lipinski definition) is 5. The molecule has 3 rings (SSSR count). The maximum absolute atomic E-state index is 12.9. The minimum atomic E-state index is -4.63. The molecule has 0 fully saturated rings. The Kier molecular flexibility index (Phi) is 8.00. The van der Waals surface area contributed by atoms with Gasteiger partial charge >= 0.3 is 6.18 Å². The van der Waals surface area contributed by atoms with Crippen molar-refractivity contribution in [1.29, 1.82) is 0 Å². The molecule has 0 aliphatic heterocycles. The smallest absolute Gasteiger partial charge is 0.325 e. The summed E-state index contributed by atoms with van der Waals surface area (Å²) in [6.07, 6.45) is -3.68. The standard InChI is InChI=1S/C22H19BrF3N3O5S2/c1-35(31,32)29(19-9-5-16(23)6-10-19)14-21(30)27-17-7-11-20(12-8-17)36(33,34)28-18-4-2-3-15(13-18)22(24,25)26/h2-13,28H,14H2,1H3,(H,27,30). The molecule has 0 aliphatic carbocycles. The van der Waals surface area contributed by atoms with Crippen molar-refractivity contribution in [1.82, 2.24) is 0 Å². The van der Waals surface area contributed by atoms with Crippen molar-refractivity contribution >= 4 is 58.9 Å². The van der Waals surface area contributed by atoms with Crippen molar-refractivity contribution in [3.63, 3.8) is 0 Å². The molecule has 0 saturated heterocycles.